The van der Waals surface area contributed by atoms with Crippen LogP contribution in [0.1, 0.15) is 30.9 Å². The Kier molecular flexibility index (Phi) is 1.76. The second-order valence-corrected chi connectivity index (χ2v) is 4.23. The number of hydrogen-bond acceptors (Lipinski definition) is 1. The van der Waals surface area contributed by atoms with Crippen LogP contribution in [0.4, 0.5) is 0 Å². The third kappa shape index (κ3) is 1.51. The molecular weight excluding hydrogens is 160 g/mol. The molecule has 0 atom stereocenters. The first-order chi connectivity index (χ1) is 6.12. The van der Waals surface area contributed by atoms with Crippen molar-refractivity contribution in [1.29, 1.82) is 0 Å². The molecule has 1 nitrogen and oxygen atoms in total. The van der Waals surface area contributed by atoms with Crippen LogP contribution in [-0.2, 0) is 5.41 Å². The molecular formula is C12H14O. The van der Waals surface area contributed by atoms with Gasteiger partial charge in [0.1, 0.15) is 0 Å². The van der Waals surface area contributed by atoms with Gasteiger partial charge in [0.15, 0.2) is 5.43 Å². The van der Waals surface area contributed by atoms with Gasteiger partial charge in [-0.05, 0) is 42.4 Å². The molecule has 2 rings (SSSR count). The van der Waals surface area contributed by atoms with Gasteiger partial charge in [-0.2, -0.15) is 0 Å². The van der Waals surface area contributed by atoms with Gasteiger partial charge in [0.2, 0.25) is 0 Å². The van der Waals surface area contributed by atoms with Crippen LogP contribution in [0.25, 0.3) is 0 Å². The Hall–Kier alpha value is -1.11. The van der Waals surface area contributed by atoms with Gasteiger partial charge in [-0.15, -0.1) is 0 Å². The molecule has 0 saturated heterocycles. The minimum Gasteiger partial charge on any atom is -0.290 e. The molecule has 1 aromatic carbocycles. The van der Waals surface area contributed by atoms with Crippen LogP contribution in [0, 0.1) is 6.92 Å². The van der Waals surface area contributed by atoms with Crippen molar-refractivity contribution in [2.24, 2.45) is 0 Å². The zero-order chi connectivity index (χ0) is 9.47. The van der Waals surface area contributed by atoms with Gasteiger partial charge < -0.3 is 0 Å². The molecule has 0 aromatic heterocycles. The van der Waals surface area contributed by atoms with E-state index in [2.05, 4.69) is 13.0 Å². The van der Waals surface area contributed by atoms with Crippen LogP contribution in [0.5, 0.6) is 0 Å². The van der Waals surface area contributed by atoms with Gasteiger partial charge >= 0.3 is 0 Å². The molecule has 0 unspecified atom stereocenters. The molecule has 1 heteroatoms. The van der Waals surface area contributed by atoms with Crippen molar-refractivity contribution < 1.29 is 0 Å². The van der Waals surface area contributed by atoms with Crippen LogP contribution in [0.2, 0.25) is 0 Å². The van der Waals surface area contributed by atoms with E-state index in [4.69, 9.17) is 0 Å². The van der Waals surface area contributed by atoms with E-state index in [-0.39, 0.29) is 5.43 Å². The molecule has 1 aliphatic carbocycles. The molecule has 1 aliphatic rings. The lowest BCUT2D eigenvalue weighted by Gasteiger charge is -2.04. The van der Waals surface area contributed by atoms with E-state index in [1.54, 1.807) is 6.07 Å². The Bertz CT molecular complexity index is 389. The first kappa shape index (κ1) is 8.49. The molecule has 0 radical (unpaired) electrons. The summed E-state index contributed by atoms with van der Waals surface area (Å²) in [5.74, 6) is 0. The lowest BCUT2D eigenvalue weighted by Crippen LogP contribution is -2.04. The fraction of sp³-hybridized carbons (Fsp3) is 0.417. The second-order valence-electron chi connectivity index (χ2n) is 4.23. The van der Waals surface area contributed by atoms with Crippen molar-refractivity contribution in [2.45, 2.75) is 32.1 Å². The molecule has 0 amide bonds. The summed E-state index contributed by atoms with van der Waals surface area (Å²) in [4.78, 5) is 11.5. The number of rotatable bonds is 1. The average Bonchev–Trinajstić information content (AvgIpc) is 2.83. The van der Waals surface area contributed by atoms with Gasteiger partial charge in [0.25, 0.3) is 0 Å². The lowest BCUT2D eigenvalue weighted by atomic mass is 10.0. The Balaban J connectivity index is 2.57. The van der Waals surface area contributed by atoms with Crippen molar-refractivity contribution in [3.8, 4) is 0 Å². The van der Waals surface area contributed by atoms with Crippen molar-refractivity contribution >= 4 is 0 Å². The van der Waals surface area contributed by atoms with Crippen LogP contribution < -0.4 is 5.43 Å². The average molecular weight is 174 g/mol. The van der Waals surface area contributed by atoms with Crippen LogP contribution >= 0.6 is 0 Å². The quantitative estimate of drug-likeness (QED) is 0.639. The maximum absolute atomic E-state index is 11.5. The largest absolute Gasteiger partial charge is 0.290 e. The molecule has 68 valence electrons. The SMILES string of the molecule is Cc1cccc(C2(C)CC2)cc1=O. The highest BCUT2D eigenvalue weighted by Crippen LogP contribution is 2.46. The summed E-state index contributed by atoms with van der Waals surface area (Å²) in [6.45, 7) is 4.08. The summed E-state index contributed by atoms with van der Waals surface area (Å²) in [5.41, 5.74) is 2.49. The predicted octanol–water partition coefficient (Wildman–Crippen LogP) is 2.41. The summed E-state index contributed by atoms with van der Waals surface area (Å²) in [6.07, 6.45) is 2.44. The van der Waals surface area contributed by atoms with Gasteiger partial charge in [-0.3, -0.25) is 4.79 Å². The normalized spacial score (nSPS) is 18.3. The zero-order valence-corrected chi connectivity index (χ0v) is 8.13. The molecule has 13 heavy (non-hydrogen) atoms. The zero-order valence-electron chi connectivity index (χ0n) is 8.13. The smallest absolute Gasteiger partial charge is 0.181 e. The van der Waals surface area contributed by atoms with Gasteiger partial charge in [-0.25, -0.2) is 0 Å². The molecule has 0 bridgehead atoms. The third-order valence-electron chi connectivity index (χ3n) is 2.99. The summed E-state index contributed by atoms with van der Waals surface area (Å²) in [5, 5.41) is 0. The summed E-state index contributed by atoms with van der Waals surface area (Å²) < 4.78 is 0. The van der Waals surface area contributed by atoms with E-state index >= 15 is 0 Å². The molecule has 1 fully saturated rings. The Morgan fingerprint density at radius 2 is 2.00 bits per heavy atom. The fourth-order valence-corrected chi connectivity index (χ4v) is 1.53. The maximum atomic E-state index is 11.5. The van der Waals surface area contributed by atoms with E-state index < -0.39 is 0 Å². The standard InChI is InChI=1S/C12H14O/c1-9-4-3-5-10(8-11(9)13)12(2)6-7-12/h3-5,8H,6-7H2,1-2H3. The van der Waals surface area contributed by atoms with Crippen molar-refractivity contribution in [2.75, 3.05) is 0 Å². The van der Waals surface area contributed by atoms with Gasteiger partial charge in [0, 0.05) is 0 Å². The van der Waals surface area contributed by atoms with Crippen LogP contribution in [-0.4, -0.2) is 0 Å². The highest BCUT2D eigenvalue weighted by atomic mass is 16.1. The van der Waals surface area contributed by atoms with Crippen molar-refractivity contribution in [3.63, 3.8) is 0 Å². The summed E-state index contributed by atoms with van der Waals surface area (Å²) >= 11 is 0. The number of aryl methyl sites for hydroxylation is 1. The molecule has 0 N–H and O–H groups in total. The van der Waals surface area contributed by atoms with Crippen molar-refractivity contribution in [3.05, 3.63) is 45.6 Å². The second kappa shape index (κ2) is 2.69. The van der Waals surface area contributed by atoms with E-state index in [1.807, 2.05) is 19.1 Å². The van der Waals surface area contributed by atoms with E-state index in [0.717, 1.165) is 5.56 Å². The first-order valence-corrected chi connectivity index (χ1v) is 4.73. The van der Waals surface area contributed by atoms with E-state index in [9.17, 15) is 4.79 Å². The maximum Gasteiger partial charge on any atom is 0.181 e. The topological polar surface area (TPSA) is 17.1 Å². The Morgan fingerprint density at radius 3 is 2.62 bits per heavy atom. The van der Waals surface area contributed by atoms with E-state index in [0.29, 0.717) is 5.41 Å². The van der Waals surface area contributed by atoms with Gasteiger partial charge in [-0.1, -0.05) is 25.1 Å². The first-order valence-electron chi connectivity index (χ1n) is 4.73. The highest BCUT2D eigenvalue weighted by molar-refractivity contribution is 5.30. The highest BCUT2D eigenvalue weighted by Gasteiger charge is 2.38. The fourth-order valence-electron chi connectivity index (χ4n) is 1.53. The molecule has 0 aliphatic heterocycles. The predicted molar refractivity (Wildman–Crippen MR) is 54.0 cm³/mol. The van der Waals surface area contributed by atoms with Crippen LogP contribution in [0.15, 0.2) is 29.1 Å². The third-order valence-corrected chi connectivity index (χ3v) is 2.99. The molecule has 1 saturated carbocycles. The van der Waals surface area contributed by atoms with E-state index in [1.165, 1.54) is 18.4 Å². The Labute approximate surface area is 78.4 Å². The summed E-state index contributed by atoms with van der Waals surface area (Å²) in [7, 11) is 0. The molecule has 1 aromatic rings. The minimum atomic E-state index is 0.160. The Morgan fingerprint density at radius 1 is 1.31 bits per heavy atom. The van der Waals surface area contributed by atoms with Gasteiger partial charge in [0.05, 0.1) is 0 Å². The monoisotopic (exact) mass is 174 g/mol. The summed E-state index contributed by atoms with van der Waals surface area (Å²) in [6, 6.07) is 7.73. The minimum absolute atomic E-state index is 0.160. The van der Waals surface area contributed by atoms with Crippen LogP contribution in [0.3, 0.4) is 0 Å². The molecule has 0 spiro atoms. The number of hydrogen-bond donors (Lipinski definition) is 0. The van der Waals surface area contributed by atoms with Crippen molar-refractivity contribution in [1.82, 2.24) is 0 Å². The molecule has 0 heterocycles. The lowest BCUT2D eigenvalue weighted by molar-refractivity contribution is 0.788.